The maximum absolute atomic E-state index is 4.83. The van der Waals surface area contributed by atoms with Crippen molar-refractivity contribution < 1.29 is 0 Å². The Morgan fingerprint density at radius 2 is 2.00 bits per heavy atom. The van der Waals surface area contributed by atoms with Crippen LogP contribution in [0.3, 0.4) is 0 Å². The Kier molecular flexibility index (Phi) is 3.81. The summed E-state index contributed by atoms with van der Waals surface area (Å²) in [5.41, 5.74) is 2.24. The number of hydrogen-bond donors (Lipinski definition) is 1. The Morgan fingerprint density at radius 3 is 2.81 bits per heavy atom. The zero-order valence-electron chi connectivity index (χ0n) is 14.9. The molecule has 0 bridgehead atoms. The van der Waals surface area contributed by atoms with E-state index in [1.54, 1.807) is 0 Å². The van der Waals surface area contributed by atoms with Gasteiger partial charge in [-0.15, -0.1) is 5.10 Å². The molecule has 2 atom stereocenters. The zero-order valence-corrected chi connectivity index (χ0v) is 14.9. The number of fused-ring (bicyclic) bond motifs is 1. The standard InChI is InChI=1S/C19H23N7/c1-13(19-22-23-24-26(19)16-8-9-16)20-15-7-10-18-21-17(12-25(18)11-15)14-5-3-2-4-6-14/h2-6,12-13,15-16,20H,7-11H2,1H3. The molecule has 0 radical (unpaired) electrons. The first kappa shape index (κ1) is 15.7. The number of nitrogens with zero attached hydrogens (tertiary/aromatic N) is 6. The first-order valence-corrected chi connectivity index (χ1v) is 9.43. The Hall–Kier alpha value is -2.54. The third-order valence-electron chi connectivity index (χ3n) is 5.35. The molecular weight excluding hydrogens is 326 g/mol. The van der Waals surface area contributed by atoms with Crippen LogP contribution in [0.1, 0.15) is 49.9 Å². The van der Waals surface area contributed by atoms with Crippen LogP contribution in [0, 0.1) is 0 Å². The van der Waals surface area contributed by atoms with Gasteiger partial charge < -0.3 is 9.88 Å². The SMILES string of the molecule is CC(NC1CCc2nc(-c3ccccc3)cn2C1)c1nnnn1C1CC1. The monoisotopic (exact) mass is 349 g/mol. The fourth-order valence-corrected chi connectivity index (χ4v) is 3.82. The van der Waals surface area contributed by atoms with Gasteiger partial charge in [0.05, 0.1) is 17.8 Å². The minimum absolute atomic E-state index is 0.147. The van der Waals surface area contributed by atoms with Gasteiger partial charge in [0, 0.05) is 30.8 Å². The van der Waals surface area contributed by atoms with Gasteiger partial charge in [-0.3, -0.25) is 0 Å². The van der Waals surface area contributed by atoms with E-state index in [1.807, 2.05) is 10.7 Å². The lowest BCUT2D eigenvalue weighted by atomic mass is 10.1. The summed E-state index contributed by atoms with van der Waals surface area (Å²) in [6, 6.07) is 11.4. The van der Waals surface area contributed by atoms with Gasteiger partial charge in [0.25, 0.3) is 0 Å². The van der Waals surface area contributed by atoms with Crippen molar-refractivity contribution in [2.75, 3.05) is 0 Å². The van der Waals surface area contributed by atoms with Crippen molar-refractivity contribution in [1.82, 2.24) is 35.1 Å². The molecule has 1 aliphatic carbocycles. The highest BCUT2D eigenvalue weighted by Crippen LogP contribution is 2.35. The van der Waals surface area contributed by atoms with Crippen LogP contribution >= 0.6 is 0 Å². The maximum atomic E-state index is 4.83. The van der Waals surface area contributed by atoms with Crippen LogP contribution < -0.4 is 5.32 Å². The lowest BCUT2D eigenvalue weighted by molar-refractivity contribution is 0.339. The van der Waals surface area contributed by atoms with E-state index in [9.17, 15) is 0 Å². The van der Waals surface area contributed by atoms with E-state index in [1.165, 1.54) is 24.2 Å². The molecule has 1 saturated carbocycles. The first-order valence-electron chi connectivity index (χ1n) is 9.43. The normalized spacial score (nSPS) is 20.7. The van der Waals surface area contributed by atoms with Crippen LogP contribution in [-0.4, -0.2) is 35.8 Å². The Labute approximate surface area is 152 Å². The molecule has 2 aromatic heterocycles. The van der Waals surface area contributed by atoms with E-state index in [0.29, 0.717) is 12.1 Å². The smallest absolute Gasteiger partial charge is 0.168 e. The van der Waals surface area contributed by atoms with E-state index in [-0.39, 0.29) is 6.04 Å². The van der Waals surface area contributed by atoms with E-state index in [2.05, 4.69) is 62.8 Å². The molecule has 1 N–H and O–H groups in total. The second-order valence-electron chi connectivity index (χ2n) is 7.40. The third-order valence-corrected chi connectivity index (χ3v) is 5.35. The first-order chi connectivity index (χ1) is 12.8. The lowest BCUT2D eigenvalue weighted by Gasteiger charge is -2.27. The number of nitrogens with one attached hydrogen (secondary N) is 1. The van der Waals surface area contributed by atoms with E-state index < -0.39 is 0 Å². The summed E-state index contributed by atoms with van der Waals surface area (Å²) in [6.45, 7) is 3.09. The predicted octanol–water partition coefficient (Wildman–Crippen LogP) is 2.54. The van der Waals surface area contributed by atoms with Gasteiger partial charge in [-0.2, -0.15) is 0 Å². The second kappa shape index (κ2) is 6.32. The summed E-state index contributed by atoms with van der Waals surface area (Å²) in [4.78, 5) is 4.83. The highest BCUT2D eigenvalue weighted by Gasteiger charge is 2.30. The van der Waals surface area contributed by atoms with Gasteiger partial charge in [0.1, 0.15) is 5.82 Å². The van der Waals surface area contributed by atoms with E-state index in [4.69, 9.17) is 4.98 Å². The van der Waals surface area contributed by atoms with Gasteiger partial charge in [0.15, 0.2) is 5.82 Å². The molecular formula is C19H23N7. The molecule has 7 nitrogen and oxygen atoms in total. The molecule has 2 unspecified atom stereocenters. The third kappa shape index (κ3) is 2.92. The molecule has 3 aromatic rings. The Balaban J connectivity index is 1.30. The van der Waals surface area contributed by atoms with Gasteiger partial charge in [0.2, 0.25) is 0 Å². The van der Waals surface area contributed by atoms with Crippen molar-refractivity contribution in [3.05, 3.63) is 48.2 Å². The summed E-state index contributed by atoms with van der Waals surface area (Å²) in [5, 5.41) is 16.0. The Morgan fingerprint density at radius 1 is 1.15 bits per heavy atom. The highest BCUT2D eigenvalue weighted by molar-refractivity contribution is 5.58. The molecule has 1 fully saturated rings. The van der Waals surface area contributed by atoms with E-state index in [0.717, 1.165) is 30.9 Å². The van der Waals surface area contributed by atoms with Crippen molar-refractivity contribution in [3.63, 3.8) is 0 Å². The van der Waals surface area contributed by atoms with Crippen molar-refractivity contribution in [3.8, 4) is 11.3 Å². The average Bonchev–Trinajstić information content (AvgIpc) is 3.23. The van der Waals surface area contributed by atoms with Gasteiger partial charge in [-0.05, 0) is 36.6 Å². The molecule has 0 amide bonds. The minimum atomic E-state index is 0.147. The van der Waals surface area contributed by atoms with Crippen molar-refractivity contribution in [2.24, 2.45) is 0 Å². The molecule has 3 heterocycles. The maximum Gasteiger partial charge on any atom is 0.168 e. The minimum Gasteiger partial charge on any atom is -0.333 e. The fraction of sp³-hybridized carbons (Fsp3) is 0.474. The predicted molar refractivity (Wildman–Crippen MR) is 97.4 cm³/mol. The fourth-order valence-electron chi connectivity index (χ4n) is 3.82. The van der Waals surface area contributed by atoms with Crippen LogP contribution in [0.4, 0.5) is 0 Å². The average molecular weight is 349 g/mol. The zero-order chi connectivity index (χ0) is 17.5. The van der Waals surface area contributed by atoms with Gasteiger partial charge in [-0.1, -0.05) is 30.3 Å². The quantitative estimate of drug-likeness (QED) is 0.766. The Bertz CT molecular complexity index is 894. The van der Waals surface area contributed by atoms with Gasteiger partial charge in [-0.25, -0.2) is 9.67 Å². The molecule has 5 rings (SSSR count). The van der Waals surface area contributed by atoms with Crippen molar-refractivity contribution >= 4 is 0 Å². The van der Waals surface area contributed by atoms with Crippen molar-refractivity contribution in [2.45, 2.75) is 57.3 Å². The summed E-state index contributed by atoms with van der Waals surface area (Å²) in [6.07, 6.45) is 6.63. The lowest BCUT2D eigenvalue weighted by Crippen LogP contribution is -2.39. The van der Waals surface area contributed by atoms with E-state index >= 15 is 0 Å². The van der Waals surface area contributed by atoms with Crippen LogP contribution in [0.25, 0.3) is 11.3 Å². The molecule has 1 aromatic carbocycles. The number of imidazole rings is 1. The number of benzene rings is 1. The molecule has 134 valence electrons. The molecule has 0 saturated heterocycles. The van der Waals surface area contributed by atoms with Gasteiger partial charge >= 0.3 is 0 Å². The number of tetrazole rings is 1. The summed E-state index contributed by atoms with van der Waals surface area (Å²) in [5.74, 6) is 2.13. The molecule has 2 aliphatic rings. The summed E-state index contributed by atoms with van der Waals surface area (Å²) in [7, 11) is 0. The summed E-state index contributed by atoms with van der Waals surface area (Å²) < 4.78 is 4.29. The van der Waals surface area contributed by atoms with Crippen LogP contribution in [0.5, 0.6) is 0 Å². The van der Waals surface area contributed by atoms with Crippen LogP contribution in [-0.2, 0) is 13.0 Å². The van der Waals surface area contributed by atoms with Crippen LogP contribution in [0.15, 0.2) is 36.5 Å². The molecule has 7 heteroatoms. The number of aromatic nitrogens is 6. The van der Waals surface area contributed by atoms with Crippen molar-refractivity contribution in [1.29, 1.82) is 0 Å². The number of aryl methyl sites for hydroxylation is 1. The topological polar surface area (TPSA) is 73.5 Å². The van der Waals surface area contributed by atoms with Crippen LogP contribution in [0.2, 0.25) is 0 Å². The number of rotatable bonds is 5. The molecule has 26 heavy (non-hydrogen) atoms. The molecule has 0 spiro atoms. The molecule has 1 aliphatic heterocycles. The summed E-state index contributed by atoms with van der Waals surface area (Å²) >= 11 is 0. The highest BCUT2D eigenvalue weighted by atomic mass is 15.6. The largest absolute Gasteiger partial charge is 0.333 e. The number of hydrogen-bond acceptors (Lipinski definition) is 5. The second-order valence-corrected chi connectivity index (χ2v) is 7.40.